The van der Waals surface area contributed by atoms with E-state index < -0.39 is 0 Å². The van der Waals surface area contributed by atoms with Crippen LogP contribution in [0.1, 0.15) is 90.0 Å². The first-order valence-electron chi connectivity index (χ1n) is 14.3. The Morgan fingerprint density at radius 3 is 2.49 bits per heavy atom. The minimum atomic E-state index is -0.0714. The number of aromatic nitrogens is 2. The predicted molar refractivity (Wildman–Crippen MR) is 158 cm³/mol. The molecule has 1 aromatic heterocycles. The van der Waals surface area contributed by atoms with Crippen LogP contribution in [0.15, 0.2) is 61.4 Å². The SMILES string of the molecule is C=C(C)c1ccc(C#Cc2cc(C(=O)NCCCc3cn[nH]c3)ccc2CCC2CCCCC2CCO)cc1. The summed E-state index contributed by atoms with van der Waals surface area (Å²) in [6.07, 6.45) is 13.3. The van der Waals surface area contributed by atoms with Gasteiger partial charge in [-0.05, 0) is 91.8 Å². The fourth-order valence-electron chi connectivity index (χ4n) is 5.59. The van der Waals surface area contributed by atoms with E-state index in [4.69, 9.17) is 0 Å². The van der Waals surface area contributed by atoms with Gasteiger partial charge in [0.05, 0.1) is 6.20 Å². The average Bonchev–Trinajstić information content (AvgIpc) is 3.48. The van der Waals surface area contributed by atoms with Gasteiger partial charge >= 0.3 is 0 Å². The topological polar surface area (TPSA) is 78.0 Å². The third-order valence-electron chi connectivity index (χ3n) is 7.92. The van der Waals surface area contributed by atoms with E-state index in [0.717, 1.165) is 59.9 Å². The summed E-state index contributed by atoms with van der Waals surface area (Å²) in [5.41, 5.74) is 6.96. The number of aromatic amines is 1. The Hall–Kier alpha value is -3.62. The second kappa shape index (κ2) is 14.5. The van der Waals surface area contributed by atoms with E-state index in [2.05, 4.69) is 40.0 Å². The maximum atomic E-state index is 13.0. The van der Waals surface area contributed by atoms with E-state index in [1.165, 1.54) is 31.2 Å². The van der Waals surface area contributed by atoms with Gasteiger partial charge in [0.2, 0.25) is 0 Å². The Morgan fingerprint density at radius 2 is 1.79 bits per heavy atom. The maximum absolute atomic E-state index is 13.0. The van der Waals surface area contributed by atoms with Crippen molar-refractivity contribution >= 4 is 11.5 Å². The lowest BCUT2D eigenvalue weighted by Crippen LogP contribution is -2.25. The number of aliphatic hydroxyl groups is 1. The number of H-pyrrole nitrogens is 1. The zero-order valence-electron chi connectivity index (χ0n) is 23.1. The zero-order chi connectivity index (χ0) is 27.5. The minimum absolute atomic E-state index is 0.0714. The van der Waals surface area contributed by atoms with Gasteiger partial charge in [0.15, 0.2) is 0 Å². The van der Waals surface area contributed by atoms with Crippen LogP contribution < -0.4 is 5.32 Å². The Bertz CT molecular complexity index is 1280. The van der Waals surface area contributed by atoms with E-state index in [1.54, 1.807) is 0 Å². The molecule has 3 aromatic rings. The van der Waals surface area contributed by atoms with Gasteiger partial charge in [0.25, 0.3) is 5.91 Å². The van der Waals surface area contributed by atoms with E-state index in [0.29, 0.717) is 23.9 Å². The van der Waals surface area contributed by atoms with Crippen molar-refractivity contribution in [2.75, 3.05) is 13.2 Å². The molecule has 0 aliphatic heterocycles. The third kappa shape index (κ3) is 8.43. The molecular weight excluding hydrogens is 482 g/mol. The van der Waals surface area contributed by atoms with Crippen LogP contribution in [0, 0.1) is 23.7 Å². The molecule has 1 heterocycles. The van der Waals surface area contributed by atoms with Crippen LogP contribution in [0.5, 0.6) is 0 Å². The fraction of sp³-hybridized carbons (Fsp3) is 0.412. The van der Waals surface area contributed by atoms with E-state index in [9.17, 15) is 9.90 Å². The summed E-state index contributed by atoms with van der Waals surface area (Å²) in [7, 11) is 0. The molecule has 2 unspecified atom stereocenters. The van der Waals surface area contributed by atoms with Gasteiger partial charge in [-0.25, -0.2) is 0 Å². The van der Waals surface area contributed by atoms with Crippen molar-refractivity contribution in [1.82, 2.24) is 15.5 Å². The summed E-state index contributed by atoms with van der Waals surface area (Å²) in [5.74, 6) is 7.87. The lowest BCUT2D eigenvalue weighted by Gasteiger charge is -2.31. The number of aliphatic hydroxyl groups excluding tert-OH is 1. The predicted octanol–water partition coefficient (Wildman–Crippen LogP) is 6.33. The molecule has 3 N–H and O–H groups in total. The molecule has 1 aliphatic carbocycles. The maximum Gasteiger partial charge on any atom is 0.251 e. The number of hydrogen-bond donors (Lipinski definition) is 3. The normalized spacial score (nSPS) is 16.8. The molecule has 0 spiro atoms. The van der Waals surface area contributed by atoms with Crippen LogP contribution in [0.4, 0.5) is 0 Å². The second-order valence-corrected chi connectivity index (χ2v) is 10.8. The van der Waals surface area contributed by atoms with E-state index in [-0.39, 0.29) is 12.5 Å². The van der Waals surface area contributed by atoms with Gasteiger partial charge in [-0.15, -0.1) is 0 Å². The van der Waals surface area contributed by atoms with E-state index >= 15 is 0 Å². The van der Waals surface area contributed by atoms with Crippen LogP contribution in [-0.4, -0.2) is 34.4 Å². The number of carbonyl (C=O) groups excluding carboxylic acids is 1. The molecule has 1 fully saturated rings. The Labute approximate surface area is 233 Å². The van der Waals surface area contributed by atoms with Gasteiger partial charge in [0.1, 0.15) is 0 Å². The first-order chi connectivity index (χ1) is 19.0. The average molecular weight is 524 g/mol. The fourth-order valence-corrected chi connectivity index (χ4v) is 5.59. The molecule has 39 heavy (non-hydrogen) atoms. The molecule has 2 aromatic carbocycles. The molecule has 5 nitrogen and oxygen atoms in total. The largest absolute Gasteiger partial charge is 0.396 e. The quantitative estimate of drug-likeness (QED) is 0.203. The van der Waals surface area contributed by atoms with Crippen LogP contribution in [0.3, 0.4) is 0 Å². The van der Waals surface area contributed by atoms with Crippen LogP contribution in [0.2, 0.25) is 0 Å². The number of carbonyl (C=O) groups is 1. The molecule has 0 saturated heterocycles. The van der Waals surface area contributed by atoms with Gasteiger partial charge in [-0.1, -0.05) is 67.9 Å². The molecule has 2 atom stereocenters. The monoisotopic (exact) mass is 523 g/mol. The molecule has 1 amide bonds. The molecule has 5 heteroatoms. The highest BCUT2D eigenvalue weighted by Gasteiger charge is 2.24. The summed E-state index contributed by atoms with van der Waals surface area (Å²) in [6.45, 7) is 6.89. The standard InChI is InChI=1S/C34H41N3O2/c1-25(2)28-12-9-26(10-13-28)11-14-32-22-33(34(39)35-20-5-6-27-23-36-37-24-27)18-17-31(32)16-15-29-7-3-4-8-30(29)19-21-38/h9-10,12-13,17-18,22-24,29-30,38H,1,3-8,15-16,19-21H2,2H3,(H,35,39)(H,36,37). The van der Waals surface area contributed by atoms with Gasteiger partial charge in [-0.3, -0.25) is 9.89 Å². The van der Waals surface area contributed by atoms with Crippen molar-refractivity contribution in [3.05, 3.63) is 94.8 Å². The first kappa shape index (κ1) is 28.4. The van der Waals surface area contributed by atoms with Crippen molar-refractivity contribution in [2.24, 2.45) is 11.8 Å². The molecule has 4 rings (SSSR count). The molecular formula is C34H41N3O2. The van der Waals surface area contributed by atoms with Gasteiger partial charge in [0, 0.05) is 36.0 Å². The Morgan fingerprint density at radius 1 is 1.05 bits per heavy atom. The summed E-state index contributed by atoms with van der Waals surface area (Å²) in [4.78, 5) is 13.0. The Kier molecular flexibility index (Phi) is 10.6. The second-order valence-electron chi connectivity index (χ2n) is 10.8. The number of aryl methyl sites for hydroxylation is 2. The van der Waals surface area contributed by atoms with Crippen molar-refractivity contribution in [2.45, 2.75) is 64.7 Å². The number of rotatable bonds is 11. The van der Waals surface area contributed by atoms with Crippen LogP contribution in [-0.2, 0) is 12.8 Å². The Balaban J connectivity index is 1.48. The molecule has 1 saturated carbocycles. The van der Waals surface area contributed by atoms with Gasteiger partial charge < -0.3 is 10.4 Å². The highest BCUT2D eigenvalue weighted by molar-refractivity contribution is 5.94. The van der Waals surface area contributed by atoms with Crippen molar-refractivity contribution in [1.29, 1.82) is 0 Å². The number of allylic oxidation sites excluding steroid dienone is 1. The minimum Gasteiger partial charge on any atom is -0.396 e. The highest BCUT2D eigenvalue weighted by atomic mass is 16.3. The van der Waals surface area contributed by atoms with Crippen molar-refractivity contribution in [3.8, 4) is 11.8 Å². The number of hydrogen-bond acceptors (Lipinski definition) is 3. The molecule has 1 aliphatic rings. The highest BCUT2D eigenvalue weighted by Crippen LogP contribution is 2.35. The summed E-state index contributed by atoms with van der Waals surface area (Å²) in [5, 5.41) is 19.4. The number of nitrogens with zero attached hydrogens (tertiary/aromatic N) is 1. The first-order valence-corrected chi connectivity index (χ1v) is 14.3. The van der Waals surface area contributed by atoms with Crippen LogP contribution in [0.25, 0.3) is 5.57 Å². The van der Waals surface area contributed by atoms with Crippen molar-refractivity contribution in [3.63, 3.8) is 0 Å². The number of amides is 1. The van der Waals surface area contributed by atoms with Gasteiger partial charge in [-0.2, -0.15) is 5.10 Å². The van der Waals surface area contributed by atoms with E-state index in [1.807, 2.05) is 55.7 Å². The number of nitrogens with one attached hydrogen (secondary N) is 2. The third-order valence-corrected chi connectivity index (χ3v) is 7.92. The number of benzene rings is 2. The zero-order valence-corrected chi connectivity index (χ0v) is 23.1. The molecule has 0 radical (unpaired) electrons. The molecule has 0 bridgehead atoms. The summed E-state index contributed by atoms with van der Waals surface area (Å²) < 4.78 is 0. The summed E-state index contributed by atoms with van der Waals surface area (Å²) >= 11 is 0. The smallest absolute Gasteiger partial charge is 0.251 e. The van der Waals surface area contributed by atoms with Crippen molar-refractivity contribution < 1.29 is 9.90 Å². The van der Waals surface area contributed by atoms with Crippen LogP contribution >= 0.6 is 0 Å². The molecule has 204 valence electrons. The lowest BCUT2D eigenvalue weighted by atomic mass is 9.75. The summed E-state index contributed by atoms with van der Waals surface area (Å²) in [6, 6.07) is 14.1. The lowest BCUT2D eigenvalue weighted by molar-refractivity contribution is 0.0953.